The van der Waals surface area contributed by atoms with Crippen LogP contribution in [-0.4, -0.2) is 41.4 Å². The number of nitrogens with zero attached hydrogens (tertiary/aromatic N) is 1. The summed E-state index contributed by atoms with van der Waals surface area (Å²) >= 11 is 6.06. The van der Waals surface area contributed by atoms with E-state index in [4.69, 9.17) is 16.3 Å². The zero-order chi connectivity index (χ0) is 22.2. The molecule has 0 unspecified atom stereocenters. The van der Waals surface area contributed by atoms with Gasteiger partial charge in [-0.3, -0.25) is 24.6 Å². The summed E-state index contributed by atoms with van der Waals surface area (Å²) in [6.07, 6.45) is 0.245. The highest BCUT2D eigenvalue weighted by atomic mass is 35.5. The Bertz CT molecular complexity index is 994. The molecule has 2 heterocycles. The molecular formula is C24H25ClN2O4. The number of carbonyl (C=O) groups excluding carboxylic acids is 3. The van der Waals surface area contributed by atoms with E-state index in [9.17, 15) is 14.4 Å². The van der Waals surface area contributed by atoms with E-state index in [1.165, 1.54) is 4.90 Å². The molecule has 6 nitrogen and oxygen atoms in total. The molecular weight excluding hydrogens is 416 g/mol. The number of nitrogens with one attached hydrogen (secondary N) is 1. The Morgan fingerprint density at radius 2 is 1.74 bits per heavy atom. The molecule has 0 bridgehead atoms. The number of hydrogen-bond donors (Lipinski definition) is 1. The summed E-state index contributed by atoms with van der Waals surface area (Å²) in [5.74, 6) is -2.64. The molecule has 0 radical (unpaired) electrons. The Balaban J connectivity index is 1.86. The van der Waals surface area contributed by atoms with Crippen LogP contribution in [0.25, 0.3) is 0 Å². The zero-order valence-corrected chi connectivity index (χ0v) is 18.3. The number of ether oxygens (including phenoxy) is 1. The lowest BCUT2D eigenvalue weighted by Gasteiger charge is -2.33. The van der Waals surface area contributed by atoms with Crippen LogP contribution in [0.15, 0.2) is 54.6 Å². The van der Waals surface area contributed by atoms with E-state index in [0.29, 0.717) is 5.02 Å². The van der Waals surface area contributed by atoms with Crippen LogP contribution in [0.1, 0.15) is 31.0 Å². The van der Waals surface area contributed by atoms with Crippen molar-refractivity contribution in [1.82, 2.24) is 10.2 Å². The molecule has 162 valence electrons. The molecule has 2 aromatic rings. The van der Waals surface area contributed by atoms with Crippen molar-refractivity contribution in [3.8, 4) is 0 Å². The fraction of sp³-hybridized carbons (Fsp3) is 0.375. The van der Waals surface area contributed by atoms with E-state index < -0.39 is 29.4 Å². The van der Waals surface area contributed by atoms with Gasteiger partial charge in [-0.15, -0.1) is 0 Å². The molecule has 2 aliphatic rings. The van der Waals surface area contributed by atoms with Crippen molar-refractivity contribution in [2.24, 2.45) is 11.8 Å². The normalized spacial score (nSPS) is 27.5. The number of amides is 2. The molecule has 0 saturated carbocycles. The lowest BCUT2D eigenvalue weighted by Crippen LogP contribution is -2.58. The highest BCUT2D eigenvalue weighted by Crippen LogP contribution is 2.50. The molecule has 0 aromatic heterocycles. The summed E-state index contributed by atoms with van der Waals surface area (Å²) in [6.45, 7) is 3.95. The molecule has 0 spiro atoms. The van der Waals surface area contributed by atoms with Crippen molar-refractivity contribution in [1.29, 1.82) is 0 Å². The van der Waals surface area contributed by atoms with Gasteiger partial charge in [0.05, 0.1) is 18.4 Å². The molecule has 2 aliphatic heterocycles. The summed E-state index contributed by atoms with van der Waals surface area (Å²) in [6, 6.07) is 16.1. The summed E-state index contributed by atoms with van der Waals surface area (Å²) in [5.41, 5.74) is 0.342. The second-order valence-corrected chi connectivity index (χ2v) is 8.39. The fourth-order valence-corrected chi connectivity index (χ4v) is 5.06. The molecule has 2 amide bonds. The quantitative estimate of drug-likeness (QED) is 0.551. The van der Waals surface area contributed by atoms with E-state index >= 15 is 0 Å². The molecule has 2 fully saturated rings. The third kappa shape index (κ3) is 3.54. The van der Waals surface area contributed by atoms with E-state index in [1.54, 1.807) is 26.0 Å². The second-order valence-electron chi connectivity index (χ2n) is 7.95. The van der Waals surface area contributed by atoms with Gasteiger partial charge in [-0.2, -0.15) is 0 Å². The number of carbonyl (C=O) groups is 3. The van der Waals surface area contributed by atoms with Crippen LogP contribution in [0.4, 0.5) is 0 Å². The van der Waals surface area contributed by atoms with Crippen molar-refractivity contribution in [3.63, 3.8) is 0 Å². The van der Waals surface area contributed by atoms with Gasteiger partial charge in [0.25, 0.3) is 0 Å². The van der Waals surface area contributed by atoms with Gasteiger partial charge < -0.3 is 4.74 Å². The molecule has 4 rings (SSSR count). The molecule has 31 heavy (non-hydrogen) atoms. The second kappa shape index (κ2) is 8.44. The number of hydrogen-bond acceptors (Lipinski definition) is 5. The number of benzene rings is 2. The van der Waals surface area contributed by atoms with Gasteiger partial charge in [0.15, 0.2) is 0 Å². The first-order valence-electron chi connectivity index (χ1n) is 10.5. The minimum absolute atomic E-state index is 0.180. The Hall–Kier alpha value is -2.70. The van der Waals surface area contributed by atoms with Gasteiger partial charge in [0, 0.05) is 24.0 Å². The summed E-state index contributed by atoms with van der Waals surface area (Å²) in [4.78, 5) is 41.4. The van der Waals surface area contributed by atoms with Crippen molar-refractivity contribution < 1.29 is 19.1 Å². The average Bonchev–Trinajstić information content (AvgIpc) is 3.24. The molecule has 1 N–H and O–H groups in total. The van der Waals surface area contributed by atoms with Gasteiger partial charge >= 0.3 is 5.97 Å². The van der Waals surface area contributed by atoms with Gasteiger partial charge in [-0.05, 0) is 37.1 Å². The van der Waals surface area contributed by atoms with Crippen molar-refractivity contribution in [2.45, 2.75) is 31.8 Å². The lowest BCUT2D eigenvalue weighted by molar-refractivity contribution is -0.156. The van der Waals surface area contributed by atoms with E-state index in [1.807, 2.05) is 42.5 Å². The highest BCUT2D eigenvalue weighted by molar-refractivity contribution is 6.30. The van der Waals surface area contributed by atoms with Crippen LogP contribution in [0.2, 0.25) is 5.02 Å². The highest BCUT2D eigenvalue weighted by Gasteiger charge is 2.68. The van der Waals surface area contributed by atoms with Crippen LogP contribution >= 0.6 is 11.6 Å². The summed E-state index contributed by atoms with van der Waals surface area (Å²) in [7, 11) is 0. The average molecular weight is 441 g/mol. The molecule has 7 heteroatoms. The maximum Gasteiger partial charge on any atom is 0.327 e. The van der Waals surface area contributed by atoms with Gasteiger partial charge in [-0.1, -0.05) is 54.1 Å². The first-order chi connectivity index (χ1) is 14.9. The molecule has 2 saturated heterocycles. The maximum absolute atomic E-state index is 13.4. The topological polar surface area (TPSA) is 75.7 Å². The number of likely N-dealkylation sites (tertiary alicyclic amines) is 1. The Kier molecular flexibility index (Phi) is 5.86. The smallest absolute Gasteiger partial charge is 0.327 e. The van der Waals surface area contributed by atoms with E-state index in [2.05, 4.69) is 5.32 Å². The van der Waals surface area contributed by atoms with Crippen molar-refractivity contribution >= 4 is 29.4 Å². The maximum atomic E-state index is 13.4. The number of rotatable bonds is 6. The van der Waals surface area contributed by atoms with Gasteiger partial charge in [-0.25, -0.2) is 0 Å². The Morgan fingerprint density at radius 3 is 2.35 bits per heavy atom. The lowest BCUT2D eigenvalue weighted by atomic mass is 9.76. The van der Waals surface area contributed by atoms with E-state index in [0.717, 1.165) is 11.1 Å². The third-order valence-electron chi connectivity index (χ3n) is 6.26. The van der Waals surface area contributed by atoms with Crippen LogP contribution in [-0.2, 0) is 25.5 Å². The zero-order valence-electron chi connectivity index (χ0n) is 17.5. The summed E-state index contributed by atoms with van der Waals surface area (Å²) < 4.78 is 5.46. The van der Waals surface area contributed by atoms with Gasteiger partial charge in [0.1, 0.15) is 5.54 Å². The monoisotopic (exact) mass is 440 g/mol. The number of esters is 1. The van der Waals surface area contributed by atoms with Crippen molar-refractivity contribution in [3.05, 3.63) is 70.7 Å². The summed E-state index contributed by atoms with van der Waals surface area (Å²) in [5, 5.41) is 3.97. The minimum Gasteiger partial charge on any atom is -0.465 e. The number of halogens is 1. The van der Waals surface area contributed by atoms with Crippen LogP contribution in [0.3, 0.4) is 0 Å². The largest absolute Gasteiger partial charge is 0.465 e. The first-order valence-corrected chi connectivity index (χ1v) is 10.9. The Labute approximate surface area is 186 Å². The third-order valence-corrected chi connectivity index (χ3v) is 6.51. The predicted molar refractivity (Wildman–Crippen MR) is 116 cm³/mol. The fourth-order valence-electron chi connectivity index (χ4n) is 4.93. The molecule has 0 aliphatic carbocycles. The van der Waals surface area contributed by atoms with Gasteiger partial charge in [0.2, 0.25) is 11.8 Å². The van der Waals surface area contributed by atoms with Crippen LogP contribution in [0.5, 0.6) is 0 Å². The standard InChI is InChI=1S/C24H25ClN2O4/c1-3-27-21(28)18-19(22(27)29)24(23(30)31-4-2,14-15-8-6-5-7-9-15)26-20(18)16-10-12-17(25)13-11-16/h5-13,18-20,26H,3-4,14H2,1-2H3/t18-,19+,20+,24-/m1/s1. The minimum atomic E-state index is -1.34. The predicted octanol–water partition coefficient (Wildman–Crippen LogP) is 3.15. The van der Waals surface area contributed by atoms with E-state index in [-0.39, 0.29) is 31.4 Å². The van der Waals surface area contributed by atoms with Crippen LogP contribution in [0, 0.1) is 11.8 Å². The SMILES string of the molecule is CCOC(=O)[C@]1(Cc2ccccc2)N[C@@H](c2ccc(Cl)cc2)[C@@H]2C(=O)N(CC)C(=O)[C@H]21. The molecule has 4 atom stereocenters. The van der Waals surface area contributed by atoms with Crippen LogP contribution < -0.4 is 5.32 Å². The van der Waals surface area contributed by atoms with Crippen molar-refractivity contribution in [2.75, 3.05) is 13.2 Å². The number of fused-ring (bicyclic) bond motifs is 1. The molecule has 2 aromatic carbocycles. The Morgan fingerprint density at radius 1 is 1.06 bits per heavy atom. The number of imide groups is 1. The first kappa shape index (κ1) is 21.5.